The van der Waals surface area contributed by atoms with E-state index >= 15 is 0 Å². The number of allylic oxidation sites excluding steroid dienone is 1. The van der Waals surface area contributed by atoms with Gasteiger partial charge in [-0.25, -0.2) is 4.79 Å². The minimum Gasteiger partial charge on any atom is -0.408 e. The molecule has 0 saturated heterocycles. The van der Waals surface area contributed by atoms with Gasteiger partial charge in [0.1, 0.15) is 0 Å². The fraction of sp³-hybridized carbons (Fsp3) is 0.125. The summed E-state index contributed by atoms with van der Waals surface area (Å²) in [6.45, 7) is 5.31. The number of rotatable bonds is 1. The first-order valence-electron chi connectivity index (χ1n) is 3.26. The standard InChI is InChI=1S/C8H9NO2/c1-3-5-6-7(4-2)11-8(10)9-6/h3-5H,1H2,2H3,(H,9,10)/b6-5+,7-4+. The molecule has 58 valence electrons. The van der Waals surface area contributed by atoms with E-state index in [0.29, 0.717) is 10.8 Å². The van der Waals surface area contributed by atoms with Gasteiger partial charge in [0.15, 0.2) is 5.42 Å². The number of hydrogen-bond donors (Lipinski definition) is 1. The fourth-order valence-electron chi connectivity index (χ4n) is 0.808. The van der Waals surface area contributed by atoms with Crippen molar-refractivity contribution in [2.75, 3.05) is 0 Å². The van der Waals surface area contributed by atoms with E-state index in [2.05, 4.69) is 11.6 Å². The van der Waals surface area contributed by atoms with E-state index in [4.69, 9.17) is 4.42 Å². The second-order valence-corrected chi connectivity index (χ2v) is 1.98. The Hall–Kier alpha value is -1.51. The largest absolute Gasteiger partial charge is 0.417 e. The molecule has 1 N–H and O–H groups in total. The highest BCUT2D eigenvalue weighted by molar-refractivity contribution is 5.32. The van der Waals surface area contributed by atoms with Crippen molar-refractivity contribution in [3.05, 3.63) is 34.0 Å². The predicted molar refractivity (Wildman–Crippen MR) is 43.4 cm³/mol. The van der Waals surface area contributed by atoms with Crippen molar-refractivity contribution in [2.45, 2.75) is 6.92 Å². The lowest BCUT2D eigenvalue weighted by Crippen LogP contribution is -2.21. The molecule has 1 heterocycles. The van der Waals surface area contributed by atoms with Crippen LogP contribution in [0.3, 0.4) is 0 Å². The zero-order valence-corrected chi connectivity index (χ0v) is 6.26. The Morgan fingerprint density at radius 2 is 2.36 bits per heavy atom. The maximum absolute atomic E-state index is 10.6. The van der Waals surface area contributed by atoms with Crippen molar-refractivity contribution in [2.24, 2.45) is 0 Å². The summed E-state index contributed by atoms with van der Waals surface area (Å²) >= 11 is 0. The molecule has 0 unspecified atom stereocenters. The van der Waals surface area contributed by atoms with Crippen molar-refractivity contribution in [1.82, 2.24) is 4.98 Å². The molecule has 0 aliphatic heterocycles. The number of nitrogens with one attached hydrogen (secondary N) is 1. The normalized spacial score (nSPS) is 13.9. The summed E-state index contributed by atoms with van der Waals surface area (Å²) in [4.78, 5) is 13.2. The molecule has 11 heavy (non-hydrogen) atoms. The first-order valence-corrected chi connectivity index (χ1v) is 3.26. The van der Waals surface area contributed by atoms with Crippen LogP contribution in [-0.4, -0.2) is 4.98 Å². The molecule has 3 heteroatoms. The lowest BCUT2D eigenvalue weighted by molar-refractivity contribution is 0.485. The molecule has 1 rings (SSSR count). The van der Waals surface area contributed by atoms with Gasteiger partial charge in [-0.3, -0.25) is 4.98 Å². The van der Waals surface area contributed by atoms with Crippen LogP contribution in [0.4, 0.5) is 0 Å². The van der Waals surface area contributed by atoms with Crippen molar-refractivity contribution >= 4 is 12.2 Å². The molecule has 0 saturated carbocycles. The Balaban J connectivity index is 3.61. The summed E-state index contributed by atoms with van der Waals surface area (Å²) in [6.07, 6.45) is 4.99. The van der Waals surface area contributed by atoms with Gasteiger partial charge in [0.05, 0.1) is 5.35 Å². The number of aromatic nitrogens is 1. The third-order valence-electron chi connectivity index (χ3n) is 1.25. The molecule has 0 aliphatic rings. The summed E-state index contributed by atoms with van der Waals surface area (Å²) in [5, 5.41) is 0.660. The van der Waals surface area contributed by atoms with Crippen LogP contribution < -0.4 is 16.5 Å². The smallest absolute Gasteiger partial charge is 0.408 e. The predicted octanol–water partition coefficient (Wildman–Crippen LogP) is -0.265. The zero-order chi connectivity index (χ0) is 8.27. The molecule has 0 spiro atoms. The third kappa shape index (κ3) is 1.49. The molecule has 0 amide bonds. The Morgan fingerprint density at radius 1 is 1.64 bits per heavy atom. The average Bonchev–Trinajstić information content (AvgIpc) is 2.32. The molecular weight excluding hydrogens is 142 g/mol. The fourth-order valence-corrected chi connectivity index (χ4v) is 0.808. The first kappa shape index (κ1) is 7.60. The molecule has 0 bridgehead atoms. The van der Waals surface area contributed by atoms with Crippen LogP contribution in [0.1, 0.15) is 6.92 Å². The van der Waals surface area contributed by atoms with Crippen molar-refractivity contribution in [3.8, 4) is 0 Å². The molecule has 0 aromatic carbocycles. The molecule has 1 aromatic rings. The van der Waals surface area contributed by atoms with Gasteiger partial charge in [-0.15, -0.1) is 0 Å². The number of oxazole rings is 1. The van der Waals surface area contributed by atoms with Crippen molar-refractivity contribution < 1.29 is 4.42 Å². The summed E-state index contributed by atoms with van der Waals surface area (Å²) in [6, 6.07) is 0. The Morgan fingerprint density at radius 3 is 2.91 bits per heavy atom. The van der Waals surface area contributed by atoms with Crippen LogP contribution >= 0.6 is 0 Å². The van der Waals surface area contributed by atoms with Gasteiger partial charge in [-0.2, -0.15) is 0 Å². The lowest BCUT2D eigenvalue weighted by Gasteiger charge is -1.70. The van der Waals surface area contributed by atoms with E-state index in [9.17, 15) is 4.79 Å². The second-order valence-electron chi connectivity index (χ2n) is 1.98. The second kappa shape index (κ2) is 3.05. The number of hydrogen-bond acceptors (Lipinski definition) is 2. The average molecular weight is 151 g/mol. The van der Waals surface area contributed by atoms with Crippen LogP contribution in [0.15, 0.2) is 21.9 Å². The number of aromatic amines is 1. The van der Waals surface area contributed by atoms with E-state index in [-0.39, 0.29) is 0 Å². The van der Waals surface area contributed by atoms with Gasteiger partial charge in [-0.05, 0) is 19.1 Å². The van der Waals surface area contributed by atoms with E-state index in [1.165, 1.54) is 0 Å². The van der Waals surface area contributed by atoms with Crippen LogP contribution in [0.5, 0.6) is 0 Å². The highest BCUT2D eigenvalue weighted by atomic mass is 16.4. The highest BCUT2D eigenvalue weighted by Gasteiger charge is 1.89. The van der Waals surface area contributed by atoms with Crippen LogP contribution in [-0.2, 0) is 0 Å². The summed E-state index contributed by atoms with van der Waals surface area (Å²) in [5.41, 5.74) is 0.551. The van der Waals surface area contributed by atoms with Crippen molar-refractivity contribution in [3.63, 3.8) is 0 Å². The van der Waals surface area contributed by atoms with Crippen LogP contribution in [0.25, 0.3) is 12.2 Å². The van der Waals surface area contributed by atoms with Gasteiger partial charge >= 0.3 is 5.76 Å². The topological polar surface area (TPSA) is 46.0 Å². The van der Waals surface area contributed by atoms with Crippen molar-refractivity contribution in [1.29, 1.82) is 0 Å². The summed E-state index contributed by atoms with van der Waals surface area (Å²) in [5.74, 6) is -0.439. The minimum atomic E-state index is -0.439. The lowest BCUT2D eigenvalue weighted by atomic mass is 10.4. The maximum Gasteiger partial charge on any atom is 0.417 e. The molecule has 0 atom stereocenters. The SMILES string of the molecule is C=C/C=c1/[nH]c(=O)o/c1=C/C. The molecule has 3 nitrogen and oxygen atoms in total. The van der Waals surface area contributed by atoms with Gasteiger partial charge in [-0.1, -0.05) is 12.7 Å². The molecular formula is C8H9NO2. The van der Waals surface area contributed by atoms with Gasteiger partial charge in [0.2, 0.25) is 0 Å². The highest BCUT2D eigenvalue weighted by Crippen LogP contribution is 1.61. The molecule has 0 radical (unpaired) electrons. The quantitative estimate of drug-likeness (QED) is 0.600. The van der Waals surface area contributed by atoms with Crippen LogP contribution in [0.2, 0.25) is 0 Å². The van der Waals surface area contributed by atoms with E-state index in [1.54, 1.807) is 25.2 Å². The summed E-state index contributed by atoms with van der Waals surface area (Å²) < 4.78 is 4.77. The molecule has 0 fully saturated rings. The third-order valence-corrected chi connectivity index (χ3v) is 1.25. The molecule has 0 aliphatic carbocycles. The zero-order valence-electron chi connectivity index (χ0n) is 6.26. The minimum absolute atomic E-state index is 0.439. The van der Waals surface area contributed by atoms with Gasteiger partial charge in [0, 0.05) is 0 Å². The Kier molecular flexibility index (Phi) is 2.11. The maximum atomic E-state index is 10.6. The van der Waals surface area contributed by atoms with E-state index < -0.39 is 5.76 Å². The van der Waals surface area contributed by atoms with Gasteiger partial charge < -0.3 is 4.42 Å². The number of H-pyrrole nitrogens is 1. The monoisotopic (exact) mass is 151 g/mol. The Bertz CT molecular complexity index is 408. The van der Waals surface area contributed by atoms with E-state index in [0.717, 1.165) is 0 Å². The van der Waals surface area contributed by atoms with Crippen LogP contribution in [0, 0.1) is 0 Å². The van der Waals surface area contributed by atoms with Gasteiger partial charge in [0.25, 0.3) is 0 Å². The molecule has 1 aromatic heterocycles. The first-order chi connectivity index (χ1) is 5.27. The Labute approximate surface area is 63.4 Å². The summed E-state index contributed by atoms with van der Waals surface area (Å²) in [7, 11) is 0. The van der Waals surface area contributed by atoms with E-state index in [1.807, 2.05) is 0 Å².